The Morgan fingerprint density at radius 2 is 2.33 bits per heavy atom. The molecule has 9 heavy (non-hydrogen) atoms. The van der Waals surface area contributed by atoms with Crippen LogP contribution in [0.2, 0.25) is 0 Å². The van der Waals surface area contributed by atoms with Crippen molar-refractivity contribution < 1.29 is 0 Å². The van der Waals surface area contributed by atoms with Crippen LogP contribution in [0.25, 0.3) is 0 Å². The average Bonchev–Trinajstić information content (AvgIpc) is 2.10. The van der Waals surface area contributed by atoms with Crippen molar-refractivity contribution in [1.82, 2.24) is 0 Å². The van der Waals surface area contributed by atoms with Crippen molar-refractivity contribution in [3.05, 3.63) is 0 Å². The van der Waals surface area contributed by atoms with Gasteiger partial charge in [0.1, 0.15) is 11.8 Å². The van der Waals surface area contributed by atoms with Gasteiger partial charge >= 0.3 is 0 Å². The highest BCUT2D eigenvalue weighted by molar-refractivity contribution is 5.99. The van der Waals surface area contributed by atoms with E-state index in [4.69, 9.17) is 5.26 Å². The molecule has 0 amide bonds. The van der Waals surface area contributed by atoms with E-state index in [1.165, 1.54) is 0 Å². The van der Waals surface area contributed by atoms with Crippen LogP contribution in [0, 0.1) is 11.3 Å². The molecular weight excluding hydrogens is 112 g/mol. The van der Waals surface area contributed by atoms with Gasteiger partial charge in [0.25, 0.3) is 0 Å². The molecule has 1 rings (SSSR count). The van der Waals surface area contributed by atoms with Crippen LogP contribution in [0.15, 0.2) is 4.99 Å². The molecule has 0 saturated heterocycles. The van der Waals surface area contributed by atoms with Crippen molar-refractivity contribution in [2.45, 2.75) is 32.2 Å². The smallest absolute Gasteiger partial charge is 0.114 e. The van der Waals surface area contributed by atoms with E-state index in [0.29, 0.717) is 5.71 Å². The van der Waals surface area contributed by atoms with E-state index in [1.807, 2.05) is 0 Å². The minimum absolute atomic E-state index is 0.0328. The maximum atomic E-state index is 8.42. The molecule has 2 heteroatoms. The van der Waals surface area contributed by atoms with Crippen LogP contribution in [0.5, 0.6) is 0 Å². The molecule has 0 radical (unpaired) electrons. The van der Waals surface area contributed by atoms with Crippen LogP contribution in [-0.2, 0) is 0 Å². The first-order valence-electron chi connectivity index (χ1n) is 3.13. The molecule has 0 atom stereocenters. The molecule has 0 aromatic heterocycles. The number of aliphatic imine (C=N–C) groups is 1. The summed E-state index contributed by atoms with van der Waals surface area (Å²) in [5, 5.41) is 8.42. The third-order valence-electron chi connectivity index (χ3n) is 1.54. The van der Waals surface area contributed by atoms with Crippen LogP contribution < -0.4 is 0 Å². The molecule has 0 bridgehead atoms. The van der Waals surface area contributed by atoms with Crippen molar-refractivity contribution in [3.63, 3.8) is 0 Å². The molecule has 0 aliphatic carbocycles. The van der Waals surface area contributed by atoms with Gasteiger partial charge in [-0.25, -0.2) is 0 Å². The van der Waals surface area contributed by atoms with E-state index in [0.717, 1.165) is 12.8 Å². The Kier molecular flexibility index (Phi) is 1.28. The van der Waals surface area contributed by atoms with Gasteiger partial charge in [-0.2, -0.15) is 5.26 Å². The molecule has 1 aliphatic heterocycles. The Bertz CT molecular complexity index is 184. The van der Waals surface area contributed by atoms with Crippen molar-refractivity contribution >= 4 is 5.71 Å². The predicted octanol–water partition coefficient (Wildman–Crippen LogP) is 1.52. The molecule has 0 aromatic carbocycles. The fourth-order valence-corrected chi connectivity index (χ4v) is 0.982. The summed E-state index contributed by atoms with van der Waals surface area (Å²) in [4.78, 5) is 4.19. The molecule has 0 unspecified atom stereocenters. The Morgan fingerprint density at radius 1 is 1.67 bits per heavy atom. The van der Waals surface area contributed by atoms with Gasteiger partial charge < -0.3 is 0 Å². The van der Waals surface area contributed by atoms with E-state index in [1.54, 1.807) is 0 Å². The van der Waals surface area contributed by atoms with Gasteiger partial charge in [0, 0.05) is 6.42 Å². The van der Waals surface area contributed by atoms with E-state index in [-0.39, 0.29) is 5.54 Å². The zero-order valence-electron chi connectivity index (χ0n) is 5.81. The fraction of sp³-hybridized carbons (Fsp3) is 0.714. The lowest BCUT2D eigenvalue weighted by Crippen LogP contribution is -2.10. The fourth-order valence-electron chi connectivity index (χ4n) is 0.982. The summed E-state index contributed by atoms with van der Waals surface area (Å²) in [5.74, 6) is 0. The number of nitrogens with zero attached hydrogens (tertiary/aromatic N) is 2. The third-order valence-corrected chi connectivity index (χ3v) is 1.54. The SMILES string of the molecule is CC1(C)CCC(C#N)=N1. The predicted molar refractivity (Wildman–Crippen MR) is 36.4 cm³/mol. The molecule has 0 fully saturated rings. The Hall–Kier alpha value is -0.840. The summed E-state index contributed by atoms with van der Waals surface area (Å²) in [6.45, 7) is 4.11. The second-order valence-electron chi connectivity index (χ2n) is 2.98. The van der Waals surface area contributed by atoms with Gasteiger partial charge in [-0.3, -0.25) is 4.99 Å². The normalized spacial score (nSPS) is 23.0. The van der Waals surface area contributed by atoms with E-state index in [9.17, 15) is 0 Å². The highest BCUT2D eigenvalue weighted by Crippen LogP contribution is 2.23. The molecular formula is C7H10N2. The van der Waals surface area contributed by atoms with Crippen LogP contribution >= 0.6 is 0 Å². The summed E-state index contributed by atoms with van der Waals surface area (Å²) in [5.41, 5.74) is 0.741. The standard InChI is InChI=1S/C7H10N2/c1-7(2)4-3-6(5-8)9-7/h3-4H2,1-2H3. The van der Waals surface area contributed by atoms with Gasteiger partial charge in [-0.05, 0) is 20.3 Å². The van der Waals surface area contributed by atoms with Crippen molar-refractivity contribution in [2.24, 2.45) is 4.99 Å². The van der Waals surface area contributed by atoms with Crippen molar-refractivity contribution in [1.29, 1.82) is 5.26 Å². The van der Waals surface area contributed by atoms with E-state index >= 15 is 0 Å². The lowest BCUT2D eigenvalue weighted by molar-refractivity contribution is 0.522. The zero-order chi connectivity index (χ0) is 6.91. The van der Waals surface area contributed by atoms with Gasteiger partial charge in [0.15, 0.2) is 0 Å². The summed E-state index contributed by atoms with van der Waals surface area (Å²) in [6, 6.07) is 2.07. The maximum absolute atomic E-state index is 8.42. The van der Waals surface area contributed by atoms with Gasteiger partial charge in [0.2, 0.25) is 0 Å². The molecule has 48 valence electrons. The Labute approximate surface area is 55.2 Å². The van der Waals surface area contributed by atoms with Crippen LogP contribution in [0.1, 0.15) is 26.7 Å². The minimum Gasteiger partial charge on any atom is -0.273 e. The molecule has 0 saturated carbocycles. The molecule has 0 spiro atoms. The van der Waals surface area contributed by atoms with Gasteiger partial charge in [-0.15, -0.1) is 0 Å². The first kappa shape index (κ1) is 6.28. The zero-order valence-corrected chi connectivity index (χ0v) is 5.81. The Balaban J connectivity index is 2.75. The van der Waals surface area contributed by atoms with Crippen molar-refractivity contribution in [2.75, 3.05) is 0 Å². The second-order valence-corrected chi connectivity index (χ2v) is 2.98. The number of nitriles is 1. The summed E-state index contributed by atoms with van der Waals surface area (Å²) < 4.78 is 0. The highest BCUT2D eigenvalue weighted by Gasteiger charge is 2.23. The maximum Gasteiger partial charge on any atom is 0.114 e. The Morgan fingerprint density at radius 3 is 2.56 bits per heavy atom. The molecule has 1 aliphatic rings. The van der Waals surface area contributed by atoms with Gasteiger partial charge in [0.05, 0.1) is 5.54 Å². The van der Waals surface area contributed by atoms with Crippen LogP contribution in [0.3, 0.4) is 0 Å². The molecule has 1 heterocycles. The lowest BCUT2D eigenvalue weighted by atomic mass is 10.0. The number of hydrogen-bond donors (Lipinski definition) is 0. The second kappa shape index (κ2) is 1.84. The van der Waals surface area contributed by atoms with Crippen LogP contribution in [-0.4, -0.2) is 11.3 Å². The number of hydrogen-bond acceptors (Lipinski definition) is 2. The average molecular weight is 122 g/mol. The lowest BCUT2D eigenvalue weighted by Gasteiger charge is -2.10. The first-order chi connectivity index (χ1) is 4.14. The van der Waals surface area contributed by atoms with E-state index < -0.39 is 0 Å². The summed E-state index contributed by atoms with van der Waals surface area (Å²) in [7, 11) is 0. The molecule has 2 nitrogen and oxygen atoms in total. The monoisotopic (exact) mass is 122 g/mol. The third kappa shape index (κ3) is 1.29. The highest BCUT2D eigenvalue weighted by atomic mass is 14.9. The summed E-state index contributed by atoms with van der Waals surface area (Å²) >= 11 is 0. The number of rotatable bonds is 0. The quantitative estimate of drug-likeness (QED) is 0.480. The minimum atomic E-state index is 0.0328. The summed E-state index contributed by atoms with van der Waals surface area (Å²) in [6.07, 6.45) is 1.89. The van der Waals surface area contributed by atoms with Crippen molar-refractivity contribution in [3.8, 4) is 6.07 Å². The first-order valence-corrected chi connectivity index (χ1v) is 3.13. The topological polar surface area (TPSA) is 36.1 Å². The molecule has 0 aromatic rings. The molecule has 0 N–H and O–H groups in total. The largest absolute Gasteiger partial charge is 0.273 e. The van der Waals surface area contributed by atoms with E-state index in [2.05, 4.69) is 24.9 Å². The van der Waals surface area contributed by atoms with Gasteiger partial charge in [-0.1, -0.05) is 0 Å². The van der Waals surface area contributed by atoms with Crippen LogP contribution in [0.4, 0.5) is 0 Å².